The van der Waals surface area contributed by atoms with Gasteiger partial charge < -0.3 is 24.4 Å². The number of aliphatic hydroxyl groups excluding tert-OH is 1. The molecule has 8 nitrogen and oxygen atoms in total. The molecule has 1 amide bonds. The minimum absolute atomic E-state index is 0.0563. The third-order valence-electron chi connectivity index (χ3n) is 8.34. The van der Waals surface area contributed by atoms with E-state index in [-0.39, 0.29) is 36.1 Å². The van der Waals surface area contributed by atoms with Crippen molar-refractivity contribution in [2.75, 3.05) is 26.7 Å². The molecule has 1 aliphatic heterocycles. The van der Waals surface area contributed by atoms with E-state index in [9.17, 15) is 19.8 Å². The molecule has 0 saturated carbocycles. The molecule has 0 aliphatic carbocycles. The van der Waals surface area contributed by atoms with Crippen LogP contribution in [0.25, 0.3) is 22.0 Å². The number of aromatic nitrogens is 1. The highest BCUT2D eigenvalue weighted by Crippen LogP contribution is 2.38. The Morgan fingerprint density at radius 1 is 1.10 bits per heavy atom. The fourth-order valence-corrected chi connectivity index (χ4v) is 6.01. The summed E-state index contributed by atoms with van der Waals surface area (Å²) >= 11 is 0. The molecule has 220 valence electrons. The number of para-hydroxylation sites is 1. The minimum Gasteiger partial charge on any atom is -0.478 e. The zero-order chi connectivity index (χ0) is 30.0. The summed E-state index contributed by atoms with van der Waals surface area (Å²) in [5.74, 6) is -1.12. The normalized spacial score (nSPS) is 18.4. The molecule has 1 aromatic heterocycles. The number of benzene rings is 3. The Bertz CT molecular complexity index is 1600. The molecule has 0 saturated heterocycles. The maximum atomic E-state index is 14.5. The minimum atomic E-state index is -0.949. The van der Waals surface area contributed by atoms with Gasteiger partial charge in [-0.1, -0.05) is 61.5 Å². The van der Waals surface area contributed by atoms with Crippen molar-refractivity contribution in [3.05, 3.63) is 95.2 Å². The Balaban J connectivity index is 1.54. The number of carboxylic acids is 1. The molecule has 42 heavy (non-hydrogen) atoms. The highest BCUT2D eigenvalue weighted by atomic mass is 16.5. The summed E-state index contributed by atoms with van der Waals surface area (Å²) < 4.78 is 8.64. The number of rotatable bonds is 7. The summed E-state index contributed by atoms with van der Waals surface area (Å²) in [4.78, 5) is 29.8. The van der Waals surface area contributed by atoms with E-state index in [1.807, 2.05) is 62.0 Å². The standard InChI is InChI=1S/C34H39N3O5/c1-22-17-37(23(2)20-38)33(39)32-31(28-14-7-8-15-29(28)36(32)4)27-13-6-5-11-26(27)21-42-30(22)19-35(3)18-24-10-9-12-25(16-24)34(40)41/h5-16,22-23,30,38H,17-21H2,1-4H3,(H,40,41)/t22-,23+,30+/m0/s1. The first kappa shape index (κ1) is 29.5. The second-order valence-electron chi connectivity index (χ2n) is 11.5. The number of carbonyl (C=O) groups excluding carboxylic acids is 1. The Morgan fingerprint density at radius 3 is 2.60 bits per heavy atom. The highest BCUT2D eigenvalue weighted by molar-refractivity contribution is 6.10. The molecule has 0 spiro atoms. The molecule has 5 rings (SSSR count). The number of ether oxygens (including phenoxy) is 1. The van der Waals surface area contributed by atoms with Crippen LogP contribution in [0, 0.1) is 5.92 Å². The second-order valence-corrected chi connectivity index (χ2v) is 11.5. The summed E-state index contributed by atoms with van der Waals surface area (Å²) in [6.45, 7) is 5.71. The lowest BCUT2D eigenvalue weighted by Crippen LogP contribution is -2.47. The van der Waals surface area contributed by atoms with E-state index >= 15 is 0 Å². The van der Waals surface area contributed by atoms with E-state index in [1.54, 1.807) is 23.1 Å². The summed E-state index contributed by atoms with van der Waals surface area (Å²) in [5.41, 5.74) is 5.58. The third-order valence-corrected chi connectivity index (χ3v) is 8.34. The van der Waals surface area contributed by atoms with Gasteiger partial charge in [0.1, 0.15) is 5.69 Å². The van der Waals surface area contributed by atoms with Crippen LogP contribution in [-0.2, 0) is 24.9 Å². The lowest BCUT2D eigenvalue weighted by molar-refractivity contribution is -0.0242. The second kappa shape index (κ2) is 12.5. The van der Waals surface area contributed by atoms with Gasteiger partial charge in [-0.15, -0.1) is 0 Å². The molecule has 2 heterocycles. The summed E-state index contributed by atoms with van der Waals surface area (Å²) in [6, 6.07) is 22.7. The summed E-state index contributed by atoms with van der Waals surface area (Å²) in [5, 5.41) is 20.6. The van der Waals surface area contributed by atoms with Crippen molar-refractivity contribution in [1.82, 2.24) is 14.4 Å². The van der Waals surface area contributed by atoms with Gasteiger partial charge >= 0.3 is 5.97 Å². The molecule has 4 aromatic rings. The van der Waals surface area contributed by atoms with Crippen molar-refractivity contribution < 1.29 is 24.5 Å². The molecular weight excluding hydrogens is 530 g/mol. The monoisotopic (exact) mass is 569 g/mol. The molecule has 1 aliphatic rings. The van der Waals surface area contributed by atoms with Crippen molar-refractivity contribution in [1.29, 1.82) is 0 Å². The fourth-order valence-electron chi connectivity index (χ4n) is 6.01. The molecule has 3 aromatic carbocycles. The van der Waals surface area contributed by atoms with Crippen LogP contribution in [0.5, 0.6) is 0 Å². The molecule has 8 heteroatoms. The number of fused-ring (bicyclic) bond motifs is 5. The average molecular weight is 570 g/mol. The SMILES string of the molecule is C[C@H](CO)N1C[C@H](C)[C@@H](CN(C)Cc2cccc(C(=O)O)c2)OCc2ccccc2-c2c(n(C)c3ccccc23)C1=O. The average Bonchev–Trinajstić information content (AvgIpc) is 3.28. The number of hydrogen-bond donors (Lipinski definition) is 2. The van der Waals surface area contributed by atoms with Gasteiger partial charge in [0.2, 0.25) is 0 Å². The van der Waals surface area contributed by atoms with E-state index in [0.717, 1.165) is 33.2 Å². The lowest BCUT2D eigenvalue weighted by Gasteiger charge is -2.35. The molecule has 2 N–H and O–H groups in total. The first-order valence-corrected chi connectivity index (χ1v) is 14.4. The van der Waals surface area contributed by atoms with Gasteiger partial charge in [-0.2, -0.15) is 0 Å². The molecule has 0 radical (unpaired) electrons. The first-order chi connectivity index (χ1) is 20.2. The van der Waals surface area contributed by atoms with Crippen molar-refractivity contribution in [3.63, 3.8) is 0 Å². The zero-order valence-corrected chi connectivity index (χ0v) is 24.7. The predicted octanol–water partition coefficient (Wildman–Crippen LogP) is 5.03. The van der Waals surface area contributed by atoms with Crippen LogP contribution >= 0.6 is 0 Å². The van der Waals surface area contributed by atoms with Crippen LogP contribution in [0.2, 0.25) is 0 Å². The van der Waals surface area contributed by atoms with E-state index < -0.39 is 5.97 Å². The Morgan fingerprint density at radius 2 is 1.83 bits per heavy atom. The van der Waals surface area contributed by atoms with E-state index in [2.05, 4.69) is 30.0 Å². The predicted molar refractivity (Wildman–Crippen MR) is 163 cm³/mol. The number of carbonyl (C=O) groups is 2. The summed E-state index contributed by atoms with van der Waals surface area (Å²) in [7, 11) is 3.92. The van der Waals surface area contributed by atoms with Crippen LogP contribution in [0.1, 0.15) is 45.8 Å². The van der Waals surface area contributed by atoms with Gasteiger partial charge in [0, 0.05) is 49.1 Å². The van der Waals surface area contributed by atoms with Crippen LogP contribution in [0.3, 0.4) is 0 Å². The van der Waals surface area contributed by atoms with Gasteiger partial charge in [-0.3, -0.25) is 9.69 Å². The number of carboxylic acid groups (broad SMARTS) is 1. The number of hydrogen-bond acceptors (Lipinski definition) is 5. The molecule has 0 bridgehead atoms. The van der Waals surface area contributed by atoms with Crippen molar-refractivity contribution >= 4 is 22.8 Å². The number of nitrogens with zero attached hydrogens (tertiary/aromatic N) is 3. The van der Waals surface area contributed by atoms with Crippen molar-refractivity contribution in [2.24, 2.45) is 13.0 Å². The van der Waals surface area contributed by atoms with Crippen molar-refractivity contribution in [2.45, 2.75) is 39.1 Å². The zero-order valence-electron chi connectivity index (χ0n) is 24.7. The van der Waals surface area contributed by atoms with Crippen LogP contribution in [-0.4, -0.2) is 75.3 Å². The first-order valence-electron chi connectivity index (χ1n) is 14.4. The Labute approximate surface area is 246 Å². The number of amides is 1. The largest absolute Gasteiger partial charge is 0.478 e. The number of aryl methyl sites for hydroxylation is 1. The quantitative estimate of drug-likeness (QED) is 0.324. The third kappa shape index (κ3) is 5.83. The summed E-state index contributed by atoms with van der Waals surface area (Å²) in [6.07, 6.45) is -0.232. The fraction of sp³-hybridized carbons (Fsp3) is 0.353. The number of aliphatic hydroxyl groups is 1. The molecule has 0 unspecified atom stereocenters. The van der Waals surface area contributed by atoms with Crippen LogP contribution < -0.4 is 0 Å². The van der Waals surface area contributed by atoms with Gasteiger partial charge in [0.15, 0.2) is 0 Å². The number of likely N-dealkylation sites (N-methyl/N-ethyl adjacent to an activating group) is 1. The molecule has 3 atom stereocenters. The molecule has 0 fully saturated rings. The molecular formula is C34H39N3O5. The van der Waals surface area contributed by atoms with Gasteiger partial charge in [-0.25, -0.2) is 4.79 Å². The van der Waals surface area contributed by atoms with Crippen LogP contribution in [0.15, 0.2) is 72.8 Å². The Kier molecular flexibility index (Phi) is 8.77. The maximum Gasteiger partial charge on any atom is 0.335 e. The van der Waals surface area contributed by atoms with Gasteiger partial charge in [0.05, 0.1) is 30.9 Å². The lowest BCUT2D eigenvalue weighted by atomic mass is 9.96. The van der Waals surface area contributed by atoms with Gasteiger partial charge in [0.25, 0.3) is 5.91 Å². The highest BCUT2D eigenvalue weighted by Gasteiger charge is 2.33. The van der Waals surface area contributed by atoms with E-state index in [0.29, 0.717) is 31.9 Å². The Hall–Kier alpha value is -3.98. The van der Waals surface area contributed by atoms with Crippen molar-refractivity contribution in [3.8, 4) is 11.1 Å². The maximum absolute atomic E-state index is 14.5. The van der Waals surface area contributed by atoms with Crippen LogP contribution in [0.4, 0.5) is 0 Å². The van der Waals surface area contributed by atoms with E-state index in [1.165, 1.54) is 0 Å². The van der Waals surface area contributed by atoms with Gasteiger partial charge in [-0.05, 0) is 48.9 Å². The van der Waals surface area contributed by atoms with E-state index in [4.69, 9.17) is 4.74 Å². The topological polar surface area (TPSA) is 95.2 Å². The smallest absolute Gasteiger partial charge is 0.335 e. The number of aromatic carboxylic acids is 1.